The van der Waals surface area contributed by atoms with Crippen LogP contribution in [0.5, 0.6) is 0 Å². The number of nitrogens with zero attached hydrogens (tertiary/aromatic N) is 4. The van der Waals surface area contributed by atoms with E-state index in [9.17, 15) is 4.79 Å². The molecule has 5 heteroatoms. The minimum absolute atomic E-state index is 0.236. The van der Waals surface area contributed by atoms with E-state index < -0.39 is 0 Å². The van der Waals surface area contributed by atoms with Crippen molar-refractivity contribution in [3.8, 4) is 0 Å². The lowest BCUT2D eigenvalue weighted by Gasteiger charge is -2.36. The van der Waals surface area contributed by atoms with Crippen LogP contribution in [0.3, 0.4) is 0 Å². The molecule has 1 aromatic rings. The molecule has 2 aliphatic carbocycles. The number of carbonyl (C=O) groups is 1. The number of piperazine rings is 1. The van der Waals surface area contributed by atoms with Crippen LogP contribution in [0.15, 0.2) is 30.6 Å². The number of fused-ring (bicyclic) bond motifs is 2. The van der Waals surface area contributed by atoms with E-state index in [1.807, 2.05) is 11.0 Å². The number of carbonyl (C=O) groups excluding carboxylic acids is 1. The molecular weight excluding hydrogens is 264 g/mol. The molecule has 21 heavy (non-hydrogen) atoms. The summed E-state index contributed by atoms with van der Waals surface area (Å²) in [6.45, 7) is 3.22. The lowest BCUT2D eigenvalue weighted by atomic mass is 9.92. The Bertz CT molecular complexity index is 551. The minimum atomic E-state index is 0.236. The predicted molar refractivity (Wildman–Crippen MR) is 79.7 cm³/mol. The van der Waals surface area contributed by atoms with Gasteiger partial charge in [0.05, 0.1) is 0 Å². The van der Waals surface area contributed by atoms with E-state index in [4.69, 9.17) is 0 Å². The van der Waals surface area contributed by atoms with Gasteiger partial charge in [-0.25, -0.2) is 9.97 Å². The van der Waals surface area contributed by atoms with Gasteiger partial charge in [-0.1, -0.05) is 12.2 Å². The largest absolute Gasteiger partial charge is 0.339 e. The summed E-state index contributed by atoms with van der Waals surface area (Å²) in [6, 6.07) is 1.83. The Hall–Kier alpha value is -1.91. The fourth-order valence-electron chi connectivity index (χ4n) is 3.88. The van der Waals surface area contributed by atoms with Crippen LogP contribution in [0.25, 0.3) is 0 Å². The van der Waals surface area contributed by atoms with Crippen molar-refractivity contribution in [2.45, 2.75) is 12.8 Å². The van der Waals surface area contributed by atoms with Gasteiger partial charge in [0.2, 0.25) is 11.9 Å². The average Bonchev–Trinajstić information content (AvgIpc) is 3.18. The van der Waals surface area contributed by atoms with Gasteiger partial charge >= 0.3 is 0 Å². The standard InChI is InChI=1S/C16H20N4O/c21-15(14-11-12-2-3-13(14)10-12)19-6-8-20(9-7-19)16-17-4-1-5-18-16/h1-5,12-14H,6-11H2/t12-,13+,14+/m1/s1. The van der Waals surface area contributed by atoms with Crippen molar-refractivity contribution in [1.82, 2.24) is 14.9 Å². The molecule has 3 aliphatic rings. The van der Waals surface area contributed by atoms with Gasteiger partial charge in [0.25, 0.3) is 0 Å². The number of allylic oxidation sites excluding steroid dienone is 2. The number of aromatic nitrogens is 2. The van der Waals surface area contributed by atoms with E-state index in [0.717, 1.165) is 38.5 Å². The number of hydrogen-bond donors (Lipinski definition) is 0. The van der Waals surface area contributed by atoms with Crippen LogP contribution in [0.4, 0.5) is 5.95 Å². The average molecular weight is 284 g/mol. The lowest BCUT2D eigenvalue weighted by molar-refractivity contribution is -0.136. The summed E-state index contributed by atoms with van der Waals surface area (Å²) in [4.78, 5) is 25.4. The van der Waals surface area contributed by atoms with Crippen molar-refractivity contribution in [3.05, 3.63) is 30.6 Å². The summed E-state index contributed by atoms with van der Waals surface area (Å²) in [6.07, 6.45) is 10.3. The molecular formula is C16H20N4O. The number of amides is 1. The first-order valence-corrected chi connectivity index (χ1v) is 7.80. The molecule has 5 nitrogen and oxygen atoms in total. The van der Waals surface area contributed by atoms with Crippen molar-refractivity contribution in [1.29, 1.82) is 0 Å². The van der Waals surface area contributed by atoms with Gasteiger partial charge < -0.3 is 9.80 Å². The van der Waals surface area contributed by atoms with E-state index in [0.29, 0.717) is 17.7 Å². The molecule has 3 atom stereocenters. The molecule has 0 spiro atoms. The predicted octanol–water partition coefficient (Wildman–Crippen LogP) is 1.34. The molecule has 0 radical (unpaired) electrons. The summed E-state index contributed by atoms with van der Waals surface area (Å²) >= 11 is 0. The first-order valence-electron chi connectivity index (χ1n) is 7.80. The molecule has 1 aromatic heterocycles. The lowest BCUT2D eigenvalue weighted by Crippen LogP contribution is -2.51. The van der Waals surface area contributed by atoms with Gasteiger partial charge in [0.1, 0.15) is 0 Å². The third kappa shape index (κ3) is 2.30. The molecule has 1 amide bonds. The molecule has 1 saturated carbocycles. The van der Waals surface area contributed by atoms with E-state index >= 15 is 0 Å². The molecule has 0 aromatic carbocycles. The second-order valence-corrected chi connectivity index (χ2v) is 6.25. The van der Waals surface area contributed by atoms with Crippen molar-refractivity contribution in [2.75, 3.05) is 31.1 Å². The molecule has 2 fully saturated rings. The highest BCUT2D eigenvalue weighted by atomic mass is 16.2. The molecule has 110 valence electrons. The van der Waals surface area contributed by atoms with Gasteiger partial charge in [-0.2, -0.15) is 0 Å². The van der Waals surface area contributed by atoms with Crippen molar-refractivity contribution >= 4 is 11.9 Å². The Balaban J connectivity index is 1.37. The zero-order valence-corrected chi connectivity index (χ0v) is 12.1. The second-order valence-electron chi connectivity index (χ2n) is 6.25. The minimum Gasteiger partial charge on any atom is -0.339 e. The van der Waals surface area contributed by atoms with Crippen LogP contribution in [0.1, 0.15) is 12.8 Å². The van der Waals surface area contributed by atoms with Gasteiger partial charge in [-0.3, -0.25) is 4.79 Å². The first kappa shape index (κ1) is 12.8. The van der Waals surface area contributed by atoms with Gasteiger partial charge in [-0.05, 0) is 30.7 Å². The first-order chi connectivity index (χ1) is 10.3. The Morgan fingerprint density at radius 2 is 1.81 bits per heavy atom. The fraction of sp³-hybridized carbons (Fsp3) is 0.562. The third-order valence-corrected chi connectivity index (χ3v) is 5.02. The maximum absolute atomic E-state index is 12.7. The van der Waals surface area contributed by atoms with E-state index in [2.05, 4.69) is 27.0 Å². The summed E-state index contributed by atoms with van der Waals surface area (Å²) in [5, 5.41) is 0. The number of hydrogen-bond acceptors (Lipinski definition) is 4. The highest BCUT2D eigenvalue weighted by molar-refractivity contribution is 5.80. The Morgan fingerprint density at radius 3 is 2.43 bits per heavy atom. The summed E-state index contributed by atoms with van der Waals surface area (Å²) < 4.78 is 0. The quantitative estimate of drug-likeness (QED) is 0.769. The topological polar surface area (TPSA) is 49.3 Å². The fourth-order valence-corrected chi connectivity index (χ4v) is 3.88. The van der Waals surface area contributed by atoms with Gasteiger partial charge in [0.15, 0.2) is 0 Å². The van der Waals surface area contributed by atoms with Gasteiger partial charge in [0, 0.05) is 44.5 Å². The summed E-state index contributed by atoms with van der Waals surface area (Å²) in [5.41, 5.74) is 0. The molecule has 0 N–H and O–H groups in total. The highest BCUT2D eigenvalue weighted by Crippen LogP contribution is 2.44. The van der Waals surface area contributed by atoms with Crippen molar-refractivity contribution in [3.63, 3.8) is 0 Å². The third-order valence-electron chi connectivity index (χ3n) is 5.02. The molecule has 0 unspecified atom stereocenters. The summed E-state index contributed by atoms with van der Waals surface area (Å²) in [7, 11) is 0. The van der Waals surface area contributed by atoms with Gasteiger partial charge in [-0.15, -0.1) is 0 Å². The number of rotatable bonds is 2. The Kier molecular flexibility index (Phi) is 3.13. The Morgan fingerprint density at radius 1 is 1.05 bits per heavy atom. The van der Waals surface area contributed by atoms with Crippen molar-refractivity contribution in [2.24, 2.45) is 17.8 Å². The second kappa shape index (κ2) is 5.13. The molecule has 2 heterocycles. The molecule has 1 aliphatic heterocycles. The summed E-state index contributed by atoms with van der Waals surface area (Å²) in [5.74, 6) is 2.52. The van der Waals surface area contributed by atoms with Crippen LogP contribution in [-0.2, 0) is 4.79 Å². The van der Waals surface area contributed by atoms with Crippen LogP contribution >= 0.6 is 0 Å². The Labute approximate surface area is 124 Å². The van der Waals surface area contributed by atoms with Crippen LogP contribution in [-0.4, -0.2) is 47.0 Å². The van der Waals surface area contributed by atoms with Crippen LogP contribution in [0, 0.1) is 17.8 Å². The van der Waals surface area contributed by atoms with E-state index in [-0.39, 0.29) is 5.92 Å². The van der Waals surface area contributed by atoms with E-state index in [1.165, 1.54) is 6.42 Å². The smallest absolute Gasteiger partial charge is 0.226 e. The zero-order chi connectivity index (χ0) is 14.2. The normalized spacial score (nSPS) is 31.0. The van der Waals surface area contributed by atoms with Crippen molar-refractivity contribution < 1.29 is 4.79 Å². The molecule has 4 rings (SSSR count). The monoisotopic (exact) mass is 284 g/mol. The highest BCUT2D eigenvalue weighted by Gasteiger charge is 2.41. The maximum atomic E-state index is 12.7. The zero-order valence-electron chi connectivity index (χ0n) is 12.1. The SMILES string of the molecule is O=C([C@H]1C[C@@H]2C=C[C@H]1C2)N1CCN(c2ncccn2)CC1. The van der Waals surface area contributed by atoms with E-state index in [1.54, 1.807) is 12.4 Å². The molecule has 1 saturated heterocycles. The maximum Gasteiger partial charge on any atom is 0.226 e. The number of anilines is 1. The molecule has 2 bridgehead atoms. The van der Waals surface area contributed by atoms with Crippen LogP contribution < -0.4 is 4.90 Å². The van der Waals surface area contributed by atoms with Crippen LogP contribution in [0.2, 0.25) is 0 Å².